The van der Waals surface area contributed by atoms with Crippen LogP contribution in [0, 0.1) is 0 Å². The van der Waals surface area contributed by atoms with Crippen LogP contribution in [0.25, 0.3) is 0 Å². The Hall–Kier alpha value is -2.22. The first-order valence-corrected chi connectivity index (χ1v) is 8.40. The predicted molar refractivity (Wildman–Crippen MR) is 90.6 cm³/mol. The third kappa shape index (κ3) is 3.80. The summed E-state index contributed by atoms with van der Waals surface area (Å²) in [4.78, 5) is 25.5. The zero-order valence-electron chi connectivity index (χ0n) is 14.9. The van der Waals surface area contributed by atoms with Crippen LogP contribution in [0.15, 0.2) is 23.3 Å². The molecular weight excluding hydrogens is 345 g/mol. The monoisotopic (exact) mass is 366 g/mol. The van der Waals surface area contributed by atoms with Gasteiger partial charge in [-0.15, -0.1) is 0 Å². The number of hydrogen-bond donors (Lipinski definition) is 1. The van der Waals surface area contributed by atoms with Crippen molar-refractivity contribution in [1.82, 2.24) is 19.9 Å². The van der Waals surface area contributed by atoms with Gasteiger partial charge in [-0.3, -0.25) is 14.7 Å². The Labute approximate surface area is 149 Å². The fraction of sp³-hybridized carbons (Fsp3) is 0.500. The molecule has 0 atom stereocenters. The maximum atomic E-state index is 13.2. The van der Waals surface area contributed by atoms with Crippen molar-refractivity contribution in [2.45, 2.75) is 51.9 Å². The van der Waals surface area contributed by atoms with Gasteiger partial charge in [0.15, 0.2) is 0 Å². The van der Waals surface area contributed by atoms with Crippen LogP contribution in [0.1, 0.15) is 49.0 Å². The number of aromatic amines is 1. The molecule has 0 saturated carbocycles. The van der Waals surface area contributed by atoms with Gasteiger partial charge in [0.2, 0.25) is 0 Å². The van der Waals surface area contributed by atoms with E-state index in [4.69, 9.17) is 0 Å². The summed E-state index contributed by atoms with van der Waals surface area (Å²) in [7, 11) is 0. The lowest BCUT2D eigenvalue weighted by Gasteiger charge is -2.29. The Kier molecular flexibility index (Phi) is 4.64. The second-order valence-electron chi connectivity index (χ2n) is 7.58. The van der Waals surface area contributed by atoms with Gasteiger partial charge in [0.25, 0.3) is 5.56 Å². The molecule has 3 rings (SSSR count). The molecule has 0 amide bonds. The number of halogens is 3. The number of H-pyrrole nitrogens is 1. The Morgan fingerprint density at radius 3 is 2.65 bits per heavy atom. The smallest absolute Gasteiger partial charge is 0.310 e. The highest BCUT2D eigenvalue weighted by Gasteiger charge is 2.34. The van der Waals surface area contributed by atoms with E-state index in [1.165, 1.54) is 6.20 Å². The van der Waals surface area contributed by atoms with Crippen molar-refractivity contribution < 1.29 is 13.2 Å². The number of nitrogens with one attached hydrogen (secondary N) is 1. The van der Waals surface area contributed by atoms with Crippen molar-refractivity contribution in [2.24, 2.45) is 0 Å². The summed E-state index contributed by atoms with van der Waals surface area (Å²) in [6.07, 6.45) is -1.51. The van der Waals surface area contributed by atoms with Gasteiger partial charge >= 0.3 is 6.18 Å². The number of pyridine rings is 1. The molecule has 0 fully saturated rings. The van der Waals surface area contributed by atoms with Crippen LogP contribution in [0.3, 0.4) is 0 Å². The summed E-state index contributed by atoms with van der Waals surface area (Å²) < 4.78 is 39.5. The second kappa shape index (κ2) is 6.50. The standard InChI is InChI=1S/C18H21F3N4O/c1-17(2,3)16-23-14-5-7-25(10-12(14)15(26)24-16)9-11-8-22-6-4-13(11)18(19,20)21/h4,6,8H,5,7,9-10H2,1-3H3,(H,23,24,26). The molecule has 140 valence electrons. The Balaban J connectivity index is 1.86. The van der Waals surface area contributed by atoms with Crippen molar-refractivity contribution in [3.05, 3.63) is 57.0 Å². The first-order chi connectivity index (χ1) is 12.1. The summed E-state index contributed by atoms with van der Waals surface area (Å²) in [5.41, 5.74) is 0.195. The fourth-order valence-electron chi connectivity index (χ4n) is 3.04. The maximum absolute atomic E-state index is 13.2. The molecule has 1 N–H and O–H groups in total. The van der Waals surface area contributed by atoms with Gasteiger partial charge in [-0.05, 0) is 11.6 Å². The Bertz CT molecular complexity index is 868. The Morgan fingerprint density at radius 1 is 1.27 bits per heavy atom. The normalized spacial score (nSPS) is 15.8. The topological polar surface area (TPSA) is 61.9 Å². The minimum absolute atomic E-state index is 0.0859. The molecule has 0 saturated heterocycles. The molecule has 5 nitrogen and oxygen atoms in total. The van der Waals surface area contributed by atoms with Crippen LogP contribution in [-0.2, 0) is 31.1 Å². The molecule has 26 heavy (non-hydrogen) atoms. The highest BCUT2D eigenvalue weighted by atomic mass is 19.4. The minimum Gasteiger partial charge on any atom is -0.310 e. The highest BCUT2D eigenvalue weighted by molar-refractivity contribution is 5.27. The van der Waals surface area contributed by atoms with E-state index in [9.17, 15) is 18.0 Å². The van der Waals surface area contributed by atoms with E-state index in [1.807, 2.05) is 25.7 Å². The summed E-state index contributed by atoms with van der Waals surface area (Å²) >= 11 is 0. The number of nitrogens with zero attached hydrogens (tertiary/aromatic N) is 3. The van der Waals surface area contributed by atoms with Gasteiger partial charge in [-0.25, -0.2) is 4.98 Å². The van der Waals surface area contributed by atoms with Gasteiger partial charge in [0, 0.05) is 43.9 Å². The van der Waals surface area contributed by atoms with Crippen molar-refractivity contribution in [3.8, 4) is 0 Å². The third-order valence-corrected chi connectivity index (χ3v) is 4.46. The van der Waals surface area contributed by atoms with Crippen molar-refractivity contribution in [2.75, 3.05) is 6.54 Å². The van der Waals surface area contributed by atoms with Crippen LogP contribution >= 0.6 is 0 Å². The number of hydrogen-bond acceptors (Lipinski definition) is 4. The summed E-state index contributed by atoms with van der Waals surface area (Å²) in [5.74, 6) is 0.626. The zero-order chi connectivity index (χ0) is 19.1. The van der Waals surface area contributed by atoms with E-state index >= 15 is 0 Å². The molecule has 0 spiro atoms. The maximum Gasteiger partial charge on any atom is 0.416 e. The number of rotatable bonds is 2. The van der Waals surface area contributed by atoms with Crippen molar-refractivity contribution in [3.63, 3.8) is 0 Å². The first-order valence-electron chi connectivity index (χ1n) is 8.40. The molecule has 2 aromatic heterocycles. The Morgan fingerprint density at radius 2 is 2.00 bits per heavy atom. The minimum atomic E-state index is -4.42. The zero-order valence-corrected chi connectivity index (χ0v) is 14.9. The highest BCUT2D eigenvalue weighted by Crippen LogP contribution is 2.32. The number of aromatic nitrogens is 3. The lowest BCUT2D eigenvalue weighted by Crippen LogP contribution is -2.37. The van der Waals surface area contributed by atoms with Crippen molar-refractivity contribution in [1.29, 1.82) is 0 Å². The third-order valence-electron chi connectivity index (χ3n) is 4.46. The number of fused-ring (bicyclic) bond motifs is 1. The van der Waals surface area contributed by atoms with Crippen LogP contribution < -0.4 is 5.56 Å². The fourth-order valence-corrected chi connectivity index (χ4v) is 3.04. The summed E-state index contributed by atoms with van der Waals surface area (Å²) in [6.45, 7) is 6.80. The molecule has 3 heterocycles. The van der Waals surface area contributed by atoms with Gasteiger partial charge in [0.05, 0.1) is 16.8 Å². The van der Waals surface area contributed by atoms with E-state index in [-0.39, 0.29) is 29.6 Å². The van der Waals surface area contributed by atoms with Crippen LogP contribution in [-0.4, -0.2) is 26.4 Å². The van der Waals surface area contributed by atoms with E-state index in [2.05, 4.69) is 15.0 Å². The largest absolute Gasteiger partial charge is 0.416 e. The molecule has 0 radical (unpaired) electrons. The number of alkyl halides is 3. The molecule has 8 heteroatoms. The van der Waals surface area contributed by atoms with E-state index in [0.717, 1.165) is 18.0 Å². The van der Waals surface area contributed by atoms with Gasteiger partial charge in [-0.2, -0.15) is 13.2 Å². The molecule has 1 aliphatic heterocycles. The molecular formula is C18H21F3N4O. The lowest BCUT2D eigenvalue weighted by molar-refractivity contribution is -0.138. The molecule has 1 aliphatic rings. The van der Waals surface area contributed by atoms with Crippen molar-refractivity contribution >= 4 is 0 Å². The first kappa shape index (κ1) is 18.6. The van der Waals surface area contributed by atoms with Gasteiger partial charge in [-0.1, -0.05) is 20.8 Å². The average Bonchev–Trinajstić information content (AvgIpc) is 2.54. The molecule has 0 unspecified atom stereocenters. The predicted octanol–water partition coefficient (Wildman–Crippen LogP) is 3.04. The van der Waals surface area contributed by atoms with Crippen LogP contribution in [0.4, 0.5) is 13.2 Å². The van der Waals surface area contributed by atoms with E-state index in [0.29, 0.717) is 24.4 Å². The molecule has 0 bridgehead atoms. The van der Waals surface area contributed by atoms with Crippen LogP contribution in [0.5, 0.6) is 0 Å². The summed E-state index contributed by atoms with van der Waals surface area (Å²) in [5, 5.41) is 0. The van der Waals surface area contributed by atoms with Gasteiger partial charge < -0.3 is 4.98 Å². The van der Waals surface area contributed by atoms with Gasteiger partial charge in [0.1, 0.15) is 5.82 Å². The van der Waals surface area contributed by atoms with Crippen LogP contribution in [0.2, 0.25) is 0 Å². The quantitative estimate of drug-likeness (QED) is 0.888. The molecule has 2 aromatic rings. The van der Waals surface area contributed by atoms with E-state index in [1.54, 1.807) is 0 Å². The average molecular weight is 366 g/mol. The molecule has 0 aliphatic carbocycles. The SMILES string of the molecule is CC(C)(C)c1nc2c(c(=O)[nH]1)CN(Cc1cnccc1C(F)(F)F)CC2. The lowest BCUT2D eigenvalue weighted by atomic mass is 9.95. The van der Waals surface area contributed by atoms with E-state index < -0.39 is 11.7 Å². The second-order valence-corrected chi connectivity index (χ2v) is 7.58. The molecule has 0 aromatic carbocycles. The summed E-state index contributed by atoms with van der Waals surface area (Å²) in [6, 6.07) is 0.983.